The maximum atomic E-state index is 13.0. The van der Waals surface area contributed by atoms with Crippen molar-refractivity contribution in [2.75, 3.05) is 88.5 Å². The van der Waals surface area contributed by atoms with E-state index in [1.165, 1.54) is 25.7 Å². The zero-order valence-corrected chi connectivity index (χ0v) is 26.2. The van der Waals surface area contributed by atoms with E-state index in [1.807, 2.05) is 29.2 Å². The Morgan fingerprint density at radius 3 is 2.45 bits per heavy atom. The monoisotopic (exact) mass is 600 g/mol. The fourth-order valence-electron chi connectivity index (χ4n) is 6.58. The van der Waals surface area contributed by atoms with Crippen molar-refractivity contribution >= 4 is 28.6 Å². The van der Waals surface area contributed by atoms with Crippen molar-refractivity contribution in [3.8, 4) is 5.75 Å². The SMILES string of the molecule is O=C(c1cccc(OCCN(CCCCCN2CCOCC2)c2nc(N3CCCCC3)nc3ccccc23)c1)N1CCCC1. The van der Waals surface area contributed by atoms with Crippen LogP contribution in [-0.2, 0) is 4.74 Å². The number of hydrogen-bond donors (Lipinski definition) is 0. The third kappa shape index (κ3) is 7.99. The standard InChI is InChI=1S/C35H48N6O3/c42-34(40-18-9-10-19-40)29-12-11-13-30(28-29)44-27-24-39(17-6-1-5-16-38-22-25-43-26-23-38)33-31-14-3-4-15-32(31)36-35(37-33)41-20-7-2-8-21-41/h3-4,11-15,28H,1-2,5-10,16-27H2. The number of ether oxygens (including phenoxy) is 2. The van der Waals surface area contributed by atoms with Crippen molar-refractivity contribution in [3.63, 3.8) is 0 Å². The van der Waals surface area contributed by atoms with Crippen LogP contribution in [0.3, 0.4) is 0 Å². The van der Waals surface area contributed by atoms with Crippen molar-refractivity contribution < 1.29 is 14.3 Å². The van der Waals surface area contributed by atoms with Gasteiger partial charge >= 0.3 is 0 Å². The van der Waals surface area contributed by atoms with Gasteiger partial charge in [0.2, 0.25) is 5.95 Å². The molecule has 0 saturated carbocycles. The van der Waals surface area contributed by atoms with E-state index in [0.29, 0.717) is 18.7 Å². The first kappa shape index (κ1) is 30.6. The van der Waals surface area contributed by atoms with Gasteiger partial charge < -0.3 is 24.2 Å². The van der Waals surface area contributed by atoms with E-state index in [2.05, 4.69) is 39.0 Å². The molecule has 4 heterocycles. The molecule has 1 amide bonds. The Bertz CT molecular complexity index is 1350. The van der Waals surface area contributed by atoms with Gasteiger partial charge in [-0.2, -0.15) is 4.98 Å². The molecule has 0 radical (unpaired) electrons. The molecule has 0 aliphatic carbocycles. The van der Waals surface area contributed by atoms with Gasteiger partial charge in [-0.25, -0.2) is 4.98 Å². The van der Waals surface area contributed by atoms with Crippen LogP contribution in [0.15, 0.2) is 48.5 Å². The molecule has 3 aliphatic rings. The van der Waals surface area contributed by atoms with Crippen molar-refractivity contribution in [1.29, 1.82) is 0 Å². The molecule has 9 heteroatoms. The van der Waals surface area contributed by atoms with Crippen molar-refractivity contribution in [2.24, 2.45) is 0 Å². The lowest BCUT2D eigenvalue weighted by Crippen LogP contribution is -2.37. The highest BCUT2D eigenvalue weighted by atomic mass is 16.5. The van der Waals surface area contributed by atoms with Crippen LogP contribution in [0, 0.1) is 0 Å². The molecule has 0 spiro atoms. The molecule has 0 N–H and O–H groups in total. The zero-order valence-electron chi connectivity index (χ0n) is 26.2. The van der Waals surface area contributed by atoms with Gasteiger partial charge in [0.05, 0.1) is 25.3 Å². The van der Waals surface area contributed by atoms with Gasteiger partial charge in [-0.15, -0.1) is 0 Å². The second-order valence-corrected chi connectivity index (χ2v) is 12.3. The molecule has 3 aromatic rings. The Balaban J connectivity index is 1.16. The molecule has 3 aliphatic heterocycles. The Hall–Kier alpha value is -3.43. The van der Waals surface area contributed by atoms with E-state index in [1.54, 1.807) is 0 Å². The first-order chi connectivity index (χ1) is 21.7. The Kier molecular flexibility index (Phi) is 10.8. The quantitative estimate of drug-likeness (QED) is 0.247. The Morgan fingerprint density at radius 2 is 1.61 bits per heavy atom. The summed E-state index contributed by atoms with van der Waals surface area (Å²) in [6, 6.07) is 16.1. The van der Waals surface area contributed by atoms with Crippen LogP contribution in [0.25, 0.3) is 10.9 Å². The molecule has 44 heavy (non-hydrogen) atoms. The third-order valence-electron chi connectivity index (χ3n) is 9.12. The van der Waals surface area contributed by atoms with E-state index in [-0.39, 0.29) is 5.91 Å². The van der Waals surface area contributed by atoms with Gasteiger partial charge in [0.15, 0.2) is 0 Å². The second-order valence-electron chi connectivity index (χ2n) is 12.3. The van der Waals surface area contributed by atoms with Gasteiger partial charge in [0.25, 0.3) is 5.91 Å². The average Bonchev–Trinajstić information content (AvgIpc) is 3.63. The molecular weight excluding hydrogens is 552 g/mol. The van der Waals surface area contributed by atoms with Gasteiger partial charge in [0, 0.05) is 56.8 Å². The zero-order chi connectivity index (χ0) is 30.0. The highest BCUT2D eigenvalue weighted by molar-refractivity contribution is 5.94. The third-order valence-corrected chi connectivity index (χ3v) is 9.12. The molecule has 9 nitrogen and oxygen atoms in total. The normalized spacial score (nSPS) is 17.7. The van der Waals surface area contributed by atoms with E-state index in [0.717, 1.165) is 120 Å². The molecule has 236 valence electrons. The maximum absolute atomic E-state index is 13.0. The number of piperidine rings is 1. The number of likely N-dealkylation sites (tertiary alicyclic amines) is 1. The van der Waals surface area contributed by atoms with Gasteiger partial charge in [-0.05, 0) is 81.8 Å². The number of anilines is 2. The minimum Gasteiger partial charge on any atom is -0.492 e. The molecule has 0 unspecified atom stereocenters. The maximum Gasteiger partial charge on any atom is 0.253 e. The number of morpholine rings is 1. The number of benzene rings is 2. The van der Waals surface area contributed by atoms with Crippen LogP contribution in [-0.4, -0.2) is 104 Å². The lowest BCUT2D eigenvalue weighted by Gasteiger charge is -2.30. The molecule has 3 saturated heterocycles. The number of nitrogens with zero attached hydrogens (tertiary/aromatic N) is 6. The van der Waals surface area contributed by atoms with E-state index in [4.69, 9.17) is 19.4 Å². The lowest BCUT2D eigenvalue weighted by molar-refractivity contribution is 0.0371. The summed E-state index contributed by atoms with van der Waals surface area (Å²) in [6.07, 6.45) is 9.25. The van der Waals surface area contributed by atoms with Crippen LogP contribution < -0.4 is 14.5 Å². The fourth-order valence-corrected chi connectivity index (χ4v) is 6.58. The van der Waals surface area contributed by atoms with Gasteiger partial charge in [0.1, 0.15) is 18.2 Å². The summed E-state index contributed by atoms with van der Waals surface area (Å²) in [7, 11) is 0. The van der Waals surface area contributed by atoms with Crippen LogP contribution in [0.2, 0.25) is 0 Å². The molecule has 6 rings (SSSR count). The molecule has 1 aromatic heterocycles. The smallest absolute Gasteiger partial charge is 0.253 e. The second kappa shape index (κ2) is 15.5. The number of fused-ring (bicyclic) bond motifs is 1. The number of carbonyl (C=O) groups excluding carboxylic acids is 1. The summed E-state index contributed by atoms with van der Waals surface area (Å²) in [6.45, 7) is 10.7. The van der Waals surface area contributed by atoms with Crippen LogP contribution >= 0.6 is 0 Å². The largest absolute Gasteiger partial charge is 0.492 e. The number of amides is 1. The summed E-state index contributed by atoms with van der Waals surface area (Å²) in [5.41, 5.74) is 1.69. The molecule has 2 aromatic carbocycles. The number of unbranched alkanes of at least 4 members (excludes halogenated alkanes) is 2. The minimum atomic E-state index is 0.101. The summed E-state index contributed by atoms with van der Waals surface area (Å²) >= 11 is 0. The first-order valence-corrected chi connectivity index (χ1v) is 16.8. The topological polar surface area (TPSA) is 74.3 Å². The Labute approximate surface area is 262 Å². The summed E-state index contributed by atoms with van der Waals surface area (Å²) < 4.78 is 11.8. The minimum absolute atomic E-state index is 0.101. The predicted octanol–water partition coefficient (Wildman–Crippen LogP) is 5.24. The number of hydrogen-bond acceptors (Lipinski definition) is 8. The number of carbonyl (C=O) groups is 1. The van der Waals surface area contributed by atoms with Crippen LogP contribution in [0.1, 0.15) is 61.7 Å². The highest BCUT2D eigenvalue weighted by Gasteiger charge is 2.21. The van der Waals surface area contributed by atoms with E-state index >= 15 is 0 Å². The summed E-state index contributed by atoms with van der Waals surface area (Å²) in [5, 5.41) is 1.08. The van der Waals surface area contributed by atoms with E-state index < -0.39 is 0 Å². The van der Waals surface area contributed by atoms with Gasteiger partial charge in [-0.1, -0.05) is 24.6 Å². The van der Waals surface area contributed by atoms with Crippen molar-refractivity contribution in [3.05, 3.63) is 54.1 Å². The van der Waals surface area contributed by atoms with Crippen molar-refractivity contribution in [2.45, 2.75) is 51.4 Å². The lowest BCUT2D eigenvalue weighted by atomic mass is 10.1. The number of rotatable bonds is 13. The Morgan fingerprint density at radius 1 is 0.818 bits per heavy atom. The van der Waals surface area contributed by atoms with Crippen LogP contribution in [0.4, 0.5) is 11.8 Å². The first-order valence-electron chi connectivity index (χ1n) is 16.8. The van der Waals surface area contributed by atoms with Crippen LogP contribution in [0.5, 0.6) is 5.75 Å². The average molecular weight is 601 g/mol. The van der Waals surface area contributed by atoms with Crippen molar-refractivity contribution in [1.82, 2.24) is 19.8 Å². The summed E-state index contributed by atoms with van der Waals surface area (Å²) in [4.78, 5) is 32.4. The molecule has 3 fully saturated rings. The molecule has 0 bridgehead atoms. The highest BCUT2D eigenvalue weighted by Crippen LogP contribution is 2.28. The number of para-hydroxylation sites is 1. The number of aromatic nitrogens is 2. The fraction of sp³-hybridized carbons (Fsp3) is 0.571. The summed E-state index contributed by atoms with van der Waals surface area (Å²) in [5.74, 6) is 2.67. The molecular formula is C35H48N6O3. The van der Waals surface area contributed by atoms with E-state index in [9.17, 15) is 4.79 Å². The van der Waals surface area contributed by atoms with Gasteiger partial charge in [-0.3, -0.25) is 9.69 Å². The predicted molar refractivity (Wildman–Crippen MR) is 176 cm³/mol. The molecule has 0 atom stereocenters.